The lowest BCUT2D eigenvalue weighted by molar-refractivity contribution is 0.477. The maximum absolute atomic E-state index is 9.88. The molecule has 3 nitrogen and oxygen atoms in total. The van der Waals surface area contributed by atoms with Crippen LogP contribution in [0.1, 0.15) is 5.82 Å². The van der Waals surface area contributed by atoms with Gasteiger partial charge in [-0.15, -0.1) is 0 Å². The number of hydrogen-bond donors (Lipinski definition) is 2. The second-order valence-electron chi connectivity index (χ2n) is 4.33. The van der Waals surface area contributed by atoms with Crippen molar-refractivity contribution >= 4 is 45.8 Å². The fraction of sp³-hybridized carbons (Fsp3) is 0.0714. The lowest BCUT2D eigenvalue weighted by atomic mass is 10.0. The first-order valence-electron chi connectivity index (χ1n) is 5.80. The predicted molar refractivity (Wildman–Crippen MR) is 82.4 cm³/mol. The molecule has 0 fully saturated rings. The van der Waals surface area contributed by atoms with Gasteiger partial charge < -0.3 is 10.1 Å². The Morgan fingerprint density at radius 1 is 1.05 bits per heavy atom. The summed E-state index contributed by atoms with van der Waals surface area (Å²) in [6, 6.07) is 12.6. The zero-order valence-electron chi connectivity index (χ0n) is 10.1. The van der Waals surface area contributed by atoms with Crippen molar-refractivity contribution in [3.05, 3.63) is 48.3 Å². The molecule has 0 radical (unpaired) electrons. The van der Waals surface area contributed by atoms with Crippen LogP contribution in [0.25, 0.3) is 22.2 Å². The van der Waals surface area contributed by atoms with Crippen LogP contribution in [-0.4, -0.2) is 15.1 Å². The zero-order valence-corrected chi connectivity index (χ0v) is 12.3. The number of alkyl halides is 3. The number of phenols is 1. The van der Waals surface area contributed by atoms with E-state index in [1.54, 1.807) is 12.1 Å². The van der Waals surface area contributed by atoms with Crippen LogP contribution < -0.4 is 0 Å². The van der Waals surface area contributed by atoms with Crippen molar-refractivity contribution in [2.45, 2.75) is 3.79 Å². The van der Waals surface area contributed by atoms with E-state index in [-0.39, 0.29) is 11.6 Å². The Hall–Kier alpha value is -1.42. The molecule has 0 spiro atoms. The molecule has 0 amide bonds. The van der Waals surface area contributed by atoms with E-state index >= 15 is 0 Å². The van der Waals surface area contributed by atoms with Crippen LogP contribution in [-0.2, 0) is 3.79 Å². The topological polar surface area (TPSA) is 48.9 Å². The number of aromatic nitrogens is 2. The number of aromatic amines is 1. The maximum Gasteiger partial charge on any atom is 0.248 e. The Labute approximate surface area is 130 Å². The first-order chi connectivity index (χ1) is 9.45. The molecule has 1 heterocycles. The van der Waals surface area contributed by atoms with E-state index in [9.17, 15) is 5.11 Å². The van der Waals surface area contributed by atoms with Gasteiger partial charge in [-0.05, 0) is 23.8 Å². The van der Waals surface area contributed by atoms with Crippen LogP contribution in [0.15, 0.2) is 42.5 Å². The third-order valence-electron chi connectivity index (χ3n) is 2.97. The van der Waals surface area contributed by atoms with E-state index in [1.807, 2.05) is 30.3 Å². The van der Waals surface area contributed by atoms with E-state index in [0.29, 0.717) is 5.52 Å². The van der Waals surface area contributed by atoms with Crippen molar-refractivity contribution in [1.29, 1.82) is 0 Å². The Morgan fingerprint density at radius 3 is 2.50 bits per heavy atom. The third-order valence-corrected chi connectivity index (χ3v) is 3.50. The molecule has 3 aromatic rings. The van der Waals surface area contributed by atoms with Crippen molar-refractivity contribution in [3.63, 3.8) is 0 Å². The first-order valence-corrected chi connectivity index (χ1v) is 6.94. The number of imidazole rings is 1. The van der Waals surface area contributed by atoms with Crippen molar-refractivity contribution < 1.29 is 5.11 Å². The number of nitrogens with zero attached hydrogens (tertiary/aromatic N) is 1. The van der Waals surface area contributed by atoms with E-state index in [2.05, 4.69) is 9.97 Å². The zero-order chi connectivity index (χ0) is 14.3. The van der Waals surface area contributed by atoms with Crippen LogP contribution in [0.3, 0.4) is 0 Å². The standard InChI is InChI=1S/C14H9Cl3N2O/c15-14(16,17)13-18-10-6-5-8(7-11(10)19-13)9-3-1-2-4-12(9)20/h1-7,20H,(H,18,19). The average molecular weight is 328 g/mol. The lowest BCUT2D eigenvalue weighted by Gasteiger charge is -2.05. The number of nitrogens with one attached hydrogen (secondary N) is 1. The van der Waals surface area contributed by atoms with E-state index in [1.165, 1.54) is 0 Å². The Morgan fingerprint density at radius 2 is 1.80 bits per heavy atom. The minimum atomic E-state index is -1.59. The summed E-state index contributed by atoms with van der Waals surface area (Å²) in [5, 5.41) is 9.88. The number of hydrogen-bond acceptors (Lipinski definition) is 2. The van der Waals surface area contributed by atoms with Gasteiger partial charge in [-0.3, -0.25) is 0 Å². The molecule has 1 aromatic heterocycles. The fourth-order valence-electron chi connectivity index (χ4n) is 2.03. The number of H-pyrrole nitrogens is 1. The molecule has 0 saturated heterocycles. The number of fused-ring (bicyclic) bond motifs is 1. The van der Waals surface area contributed by atoms with Gasteiger partial charge >= 0.3 is 0 Å². The third kappa shape index (κ3) is 2.44. The molecule has 20 heavy (non-hydrogen) atoms. The molecule has 0 aliphatic heterocycles. The summed E-state index contributed by atoms with van der Waals surface area (Å²) in [7, 11) is 0. The Bertz CT molecular complexity index is 777. The van der Waals surface area contributed by atoms with Crippen molar-refractivity contribution in [2.24, 2.45) is 0 Å². The SMILES string of the molecule is Oc1ccccc1-c1ccc2nc(C(Cl)(Cl)Cl)[nH]c2c1. The molecule has 0 aliphatic carbocycles. The molecule has 102 valence electrons. The average Bonchev–Trinajstić information content (AvgIpc) is 2.82. The maximum atomic E-state index is 9.88. The van der Waals surface area contributed by atoms with Crippen LogP contribution in [0.4, 0.5) is 0 Å². The Kier molecular flexibility index (Phi) is 3.28. The van der Waals surface area contributed by atoms with Gasteiger partial charge in [0.2, 0.25) is 3.79 Å². The fourth-order valence-corrected chi connectivity index (χ4v) is 2.30. The number of phenolic OH excluding ortho intramolecular Hbond substituents is 1. The molecule has 2 aromatic carbocycles. The minimum absolute atomic E-state index is 0.216. The van der Waals surface area contributed by atoms with E-state index in [4.69, 9.17) is 34.8 Å². The van der Waals surface area contributed by atoms with Gasteiger partial charge in [0.05, 0.1) is 11.0 Å². The van der Waals surface area contributed by atoms with Crippen LogP contribution >= 0.6 is 34.8 Å². The highest BCUT2D eigenvalue weighted by Crippen LogP contribution is 2.38. The molecule has 0 atom stereocenters. The molecule has 0 aliphatic rings. The highest BCUT2D eigenvalue weighted by Gasteiger charge is 2.27. The summed E-state index contributed by atoms with van der Waals surface area (Å²) >= 11 is 17.4. The van der Waals surface area contributed by atoms with E-state index in [0.717, 1.165) is 16.6 Å². The lowest BCUT2D eigenvalue weighted by Crippen LogP contribution is -2.01. The van der Waals surface area contributed by atoms with Crippen LogP contribution in [0.2, 0.25) is 0 Å². The highest BCUT2D eigenvalue weighted by molar-refractivity contribution is 6.66. The van der Waals surface area contributed by atoms with Gasteiger partial charge in [0.1, 0.15) is 5.75 Å². The number of para-hydroxylation sites is 1. The van der Waals surface area contributed by atoms with Gasteiger partial charge in [0, 0.05) is 5.56 Å². The summed E-state index contributed by atoms with van der Waals surface area (Å²) < 4.78 is -1.59. The molecular formula is C14H9Cl3N2O. The van der Waals surface area contributed by atoms with Crippen LogP contribution in [0, 0.1) is 0 Å². The molecule has 2 N–H and O–H groups in total. The number of halogens is 3. The molecule has 0 unspecified atom stereocenters. The quantitative estimate of drug-likeness (QED) is 0.633. The van der Waals surface area contributed by atoms with Crippen molar-refractivity contribution in [3.8, 4) is 16.9 Å². The molecule has 6 heteroatoms. The predicted octanol–water partition coefficient (Wildman–Crippen LogP) is 4.76. The van der Waals surface area contributed by atoms with Crippen molar-refractivity contribution in [2.75, 3.05) is 0 Å². The molecule has 0 bridgehead atoms. The van der Waals surface area contributed by atoms with Gasteiger partial charge in [-0.25, -0.2) is 4.98 Å². The summed E-state index contributed by atoms with van der Waals surface area (Å²) in [4.78, 5) is 7.20. The van der Waals surface area contributed by atoms with Gasteiger partial charge in [0.25, 0.3) is 0 Å². The minimum Gasteiger partial charge on any atom is -0.507 e. The van der Waals surface area contributed by atoms with Gasteiger partial charge in [-0.2, -0.15) is 0 Å². The van der Waals surface area contributed by atoms with Gasteiger partial charge in [-0.1, -0.05) is 59.1 Å². The number of rotatable bonds is 1. The monoisotopic (exact) mass is 326 g/mol. The highest BCUT2D eigenvalue weighted by atomic mass is 35.6. The largest absolute Gasteiger partial charge is 0.507 e. The molecule has 0 saturated carbocycles. The second kappa shape index (κ2) is 4.85. The number of benzene rings is 2. The normalized spacial score (nSPS) is 11.9. The smallest absolute Gasteiger partial charge is 0.248 e. The molecule has 3 rings (SSSR count). The summed E-state index contributed by atoms with van der Waals surface area (Å²) in [5.41, 5.74) is 3.03. The second-order valence-corrected chi connectivity index (χ2v) is 6.61. The summed E-state index contributed by atoms with van der Waals surface area (Å²) in [6.45, 7) is 0. The van der Waals surface area contributed by atoms with Crippen LogP contribution in [0.5, 0.6) is 5.75 Å². The van der Waals surface area contributed by atoms with Gasteiger partial charge in [0.15, 0.2) is 5.82 Å². The Balaban J connectivity index is 2.14. The summed E-state index contributed by atoms with van der Waals surface area (Å²) in [5.74, 6) is 0.486. The summed E-state index contributed by atoms with van der Waals surface area (Å²) in [6.07, 6.45) is 0. The molecular weight excluding hydrogens is 319 g/mol. The number of aromatic hydroxyl groups is 1. The first kappa shape index (κ1) is 13.6. The van der Waals surface area contributed by atoms with Crippen molar-refractivity contribution in [1.82, 2.24) is 9.97 Å². The van der Waals surface area contributed by atoms with E-state index < -0.39 is 3.79 Å².